The summed E-state index contributed by atoms with van der Waals surface area (Å²) >= 11 is 0. The molecule has 0 amide bonds. The summed E-state index contributed by atoms with van der Waals surface area (Å²) in [5.41, 5.74) is 0.153. The normalized spacial score (nSPS) is 17.4. The minimum Gasteiger partial charge on any atom is -0.493 e. The summed E-state index contributed by atoms with van der Waals surface area (Å²) in [7, 11) is -2.44. The molecule has 0 unspecified atom stereocenters. The van der Waals surface area contributed by atoms with Gasteiger partial charge in [0.2, 0.25) is 5.78 Å². The lowest BCUT2D eigenvalue weighted by molar-refractivity contribution is -0.114. The van der Waals surface area contributed by atoms with E-state index in [1.165, 1.54) is 37.5 Å². The molecule has 1 aromatic rings. The Morgan fingerprint density at radius 2 is 1.79 bits per heavy atom. The van der Waals surface area contributed by atoms with Gasteiger partial charge in [-0.3, -0.25) is 4.79 Å². The van der Waals surface area contributed by atoms with Crippen LogP contribution in [0, 0.1) is 0 Å². The number of carbonyl (C=O) groups excluding carboxylic acids is 1. The molecule has 0 saturated carbocycles. The van der Waals surface area contributed by atoms with Gasteiger partial charge in [-0.05, 0) is 24.3 Å². The van der Waals surface area contributed by atoms with Gasteiger partial charge in [-0.1, -0.05) is 18.2 Å². The van der Waals surface area contributed by atoms with Gasteiger partial charge in [0.05, 0.1) is 17.7 Å². The Morgan fingerprint density at radius 1 is 1.11 bits per heavy atom. The molecule has 2 rings (SSSR count). The highest BCUT2D eigenvalue weighted by Crippen LogP contribution is 2.14. The number of sulfonamides is 1. The van der Waals surface area contributed by atoms with Gasteiger partial charge in [0.1, 0.15) is 0 Å². The molecule has 98 valence electrons. The highest BCUT2D eigenvalue weighted by atomic mass is 32.2. The lowest BCUT2D eigenvalue weighted by atomic mass is 10.1. The van der Waals surface area contributed by atoms with Gasteiger partial charge in [0.25, 0.3) is 10.0 Å². The van der Waals surface area contributed by atoms with Gasteiger partial charge in [-0.2, -0.15) is 12.8 Å². The van der Waals surface area contributed by atoms with Crippen molar-refractivity contribution in [3.8, 4) is 0 Å². The van der Waals surface area contributed by atoms with Gasteiger partial charge in [0.15, 0.2) is 5.76 Å². The summed E-state index contributed by atoms with van der Waals surface area (Å²) in [6, 6.07) is 7.86. The fourth-order valence-electron chi connectivity index (χ4n) is 1.50. The number of ketones is 1. The van der Waals surface area contributed by atoms with Crippen molar-refractivity contribution in [3.05, 3.63) is 54.3 Å². The van der Waals surface area contributed by atoms with Crippen LogP contribution in [0.5, 0.6) is 0 Å². The van der Waals surface area contributed by atoms with E-state index in [-0.39, 0.29) is 22.1 Å². The fraction of sp³-hybridized carbons (Fsp3) is 0.0769. The standard InChI is InChI=1S/C13H11NO4S/c1-18-13-9-10(7-8-12(13)15)14-19(16,17)11-5-3-2-4-6-11/h2-9H,1H3/b14-10+. The van der Waals surface area contributed by atoms with Crippen molar-refractivity contribution in [2.24, 2.45) is 4.40 Å². The van der Waals surface area contributed by atoms with Crippen molar-refractivity contribution in [2.45, 2.75) is 4.90 Å². The summed E-state index contributed by atoms with van der Waals surface area (Å²) in [4.78, 5) is 11.4. The molecule has 0 aromatic heterocycles. The van der Waals surface area contributed by atoms with Crippen molar-refractivity contribution in [3.63, 3.8) is 0 Å². The van der Waals surface area contributed by atoms with Crippen molar-refractivity contribution < 1.29 is 17.9 Å². The molecule has 0 heterocycles. The first kappa shape index (κ1) is 13.2. The summed E-state index contributed by atoms with van der Waals surface area (Å²) in [5.74, 6) is -0.261. The average molecular weight is 277 g/mol. The van der Waals surface area contributed by atoms with Crippen LogP contribution in [0.15, 0.2) is 63.6 Å². The largest absolute Gasteiger partial charge is 0.493 e. The van der Waals surface area contributed by atoms with Gasteiger partial charge >= 0.3 is 0 Å². The molecule has 0 aliphatic heterocycles. The number of benzene rings is 1. The molecule has 1 aromatic carbocycles. The van der Waals surface area contributed by atoms with Crippen LogP contribution in [-0.4, -0.2) is 27.0 Å². The van der Waals surface area contributed by atoms with Crippen LogP contribution in [0.4, 0.5) is 0 Å². The van der Waals surface area contributed by atoms with E-state index < -0.39 is 10.0 Å². The number of hydrogen-bond donors (Lipinski definition) is 0. The van der Waals surface area contributed by atoms with Crippen LogP contribution in [-0.2, 0) is 19.6 Å². The molecule has 1 aliphatic rings. The minimum absolute atomic E-state index is 0.0597. The molecular formula is C13H11NO4S. The average Bonchev–Trinajstić information content (AvgIpc) is 2.42. The zero-order chi connectivity index (χ0) is 13.9. The maximum Gasteiger partial charge on any atom is 0.282 e. The minimum atomic E-state index is -3.78. The Hall–Kier alpha value is -2.21. The molecule has 1 aliphatic carbocycles. The number of rotatable bonds is 3. The zero-order valence-electron chi connectivity index (χ0n) is 10.1. The summed E-state index contributed by atoms with van der Waals surface area (Å²) in [6.45, 7) is 0. The maximum absolute atomic E-state index is 12.0. The number of carbonyl (C=O) groups is 1. The molecule has 19 heavy (non-hydrogen) atoms. The van der Waals surface area contributed by atoms with Gasteiger partial charge in [-0.15, -0.1) is 0 Å². The zero-order valence-corrected chi connectivity index (χ0v) is 10.9. The van der Waals surface area contributed by atoms with Gasteiger partial charge in [-0.25, -0.2) is 0 Å². The monoisotopic (exact) mass is 277 g/mol. The predicted octanol–water partition coefficient (Wildman–Crippen LogP) is 1.49. The van der Waals surface area contributed by atoms with E-state index in [2.05, 4.69) is 4.40 Å². The van der Waals surface area contributed by atoms with Crippen molar-refractivity contribution in [2.75, 3.05) is 7.11 Å². The fourth-order valence-corrected chi connectivity index (χ4v) is 2.49. The van der Waals surface area contributed by atoms with Crippen LogP contribution < -0.4 is 0 Å². The van der Waals surface area contributed by atoms with E-state index in [1.807, 2.05) is 0 Å². The van der Waals surface area contributed by atoms with E-state index in [1.54, 1.807) is 18.2 Å². The Balaban J connectivity index is 2.40. The lowest BCUT2D eigenvalue weighted by Gasteiger charge is -2.07. The number of methoxy groups -OCH3 is 1. The smallest absolute Gasteiger partial charge is 0.282 e. The molecular weight excluding hydrogens is 266 g/mol. The predicted molar refractivity (Wildman–Crippen MR) is 70.3 cm³/mol. The van der Waals surface area contributed by atoms with E-state index in [0.29, 0.717) is 0 Å². The molecule has 0 radical (unpaired) electrons. The quantitative estimate of drug-likeness (QED) is 0.784. The first-order chi connectivity index (χ1) is 9.03. The Kier molecular flexibility index (Phi) is 3.62. The number of allylic oxidation sites excluding steroid dienone is 3. The number of ether oxygens (including phenoxy) is 1. The third kappa shape index (κ3) is 2.97. The molecule has 0 bridgehead atoms. The van der Waals surface area contributed by atoms with Crippen molar-refractivity contribution >= 4 is 21.5 Å². The first-order valence-electron chi connectivity index (χ1n) is 5.41. The molecule has 0 saturated heterocycles. The van der Waals surface area contributed by atoms with Crippen molar-refractivity contribution in [1.82, 2.24) is 0 Å². The Bertz CT molecular complexity index is 685. The van der Waals surface area contributed by atoms with Crippen LogP contribution >= 0.6 is 0 Å². The lowest BCUT2D eigenvalue weighted by Crippen LogP contribution is -2.11. The van der Waals surface area contributed by atoms with E-state index in [0.717, 1.165) is 0 Å². The Labute approximate surface area is 111 Å². The molecule has 0 fully saturated rings. The third-order valence-electron chi connectivity index (χ3n) is 2.41. The summed E-state index contributed by atoms with van der Waals surface area (Å²) in [6.07, 6.45) is 3.85. The van der Waals surface area contributed by atoms with E-state index in [4.69, 9.17) is 4.74 Å². The van der Waals surface area contributed by atoms with Crippen molar-refractivity contribution in [1.29, 1.82) is 0 Å². The second kappa shape index (κ2) is 5.19. The second-order valence-electron chi connectivity index (χ2n) is 3.71. The molecule has 0 N–H and O–H groups in total. The van der Waals surface area contributed by atoms with E-state index in [9.17, 15) is 13.2 Å². The van der Waals surface area contributed by atoms with Crippen LogP contribution in [0.2, 0.25) is 0 Å². The molecule has 5 nitrogen and oxygen atoms in total. The third-order valence-corrected chi connectivity index (χ3v) is 3.73. The maximum atomic E-state index is 12.0. The molecule has 0 spiro atoms. The number of nitrogens with zero attached hydrogens (tertiary/aromatic N) is 1. The Morgan fingerprint density at radius 3 is 2.42 bits per heavy atom. The SMILES string of the molecule is COC1=C/C(=N/S(=O)(=O)c2ccccc2)C=CC1=O. The first-order valence-corrected chi connectivity index (χ1v) is 6.85. The summed E-state index contributed by atoms with van der Waals surface area (Å²) in [5, 5.41) is 0. The summed E-state index contributed by atoms with van der Waals surface area (Å²) < 4.78 is 32.5. The van der Waals surface area contributed by atoms with Crippen LogP contribution in [0.1, 0.15) is 0 Å². The van der Waals surface area contributed by atoms with E-state index >= 15 is 0 Å². The highest BCUT2D eigenvalue weighted by molar-refractivity contribution is 7.90. The second-order valence-corrected chi connectivity index (χ2v) is 5.32. The topological polar surface area (TPSA) is 72.8 Å². The highest BCUT2D eigenvalue weighted by Gasteiger charge is 2.16. The molecule has 6 heteroatoms. The van der Waals surface area contributed by atoms with Crippen LogP contribution in [0.25, 0.3) is 0 Å². The van der Waals surface area contributed by atoms with Crippen LogP contribution in [0.3, 0.4) is 0 Å². The molecule has 0 atom stereocenters. The number of hydrogen-bond acceptors (Lipinski definition) is 4. The van der Waals surface area contributed by atoms with Gasteiger partial charge in [0, 0.05) is 6.08 Å². The van der Waals surface area contributed by atoms with Gasteiger partial charge < -0.3 is 4.74 Å².